The summed E-state index contributed by atoms with van der Waals surface area (Å²) in [7, 11) is 0. The molecular weight excluding hydrogens is 862 g/mol. The zero-order chi connectivity index (χ0) is 49.0. The molecule has 7 heterocycles. The number of hydrogen-bond donors (Lipinski definition) is 0. The van der Waals surface area contributed by atoms with E-state index in [1.165, 1.54) is 32.5 Å². The monoisotopic (exact) mass is 900 g/mol. The first-order valence-corrected chi connectivity index (χ1v) is 24.0. The second-order valence-electron chi connectivity index (χ2n) is 18.3. The highest BCUT2D eigenvalue weighted by atomic mass is 32.1. The molecule has 0 amide bonds. The Morgan fingerprint density at radius 2 is 1.01 bits per heavy atom. The third-order valence-corrected chi connectivity index (χ3v) is 16.2. The van der Waals surface area contributed by atoms with E-state index in [9.17, 15) is 0 Å². The van der Waals surface area contributed by atoms with Crippen molar-refractivity contribution in [2.45, 2.75) is 0 Å². The highest BCUT2D eigenvalue weighted by Gasteiger charge is 2.47. The van der Waals surface area contributed by atoms with E-state index in [1.54, 1.807) is 11.3 Å². The van der Waals surface area contributed by atoms with Crippen LogP contribution >= 0.6 is 11.3 Å². The maximum atomic E-state index is 9.10. The molecule has 0 spiro atoms. The minimum Gasteiger partial charge on any atom is -0.454 e. The molecule has 0 N–H and O–H groups in total. The number of para-hydroxylation sites is 6. The summed E-state index contributed by atoms with van der Waals surface area (Å²) in [5, 5.41) is 9.72. The standard InChI is InChI=1S/C62H34BN3O2S/c1-2-15-35(16-3-1)36-31-32-54-44(33-36)59-62(69-54)63-56-47(25-14-26-48(56)66(59)50-28-13-22-41-39-19-7-11-30-53(39)68-61(41)50)64(49-27-12-21-40-38-18-6-10-29-52(38)67-60(40)49)51-34-43-37-17-4-8-23-45(37)65-46-24-9-5-20-42(46)55(57(51)63)58(43)65/h1-34H/i1D,2D,3D,15D,16D. The number of thiophene rings is 1. The van der Waals surface area contributed by atoms with Crippen LogP contribution in [0.1, 0.15) is 6.85 Å². The first kappa shape index (κ1) is 32.0. The van der Waals surface area contributed by atoms with Crippen LogP contribution in [-0.4, -0.2) is 11.1 Å². The number of rotatable bonds is 3. The molecule has 10 aromatic carbocycles. The van der Waals surface area contributed by atoms with Crippen LogP contribution in [0.5, 0.6) is 0 Å². The molecule has 69 heavy (non-hydrogen) atoms. The molecule has 2 aliphatic heterocycles. The summed E-state index contributed by atoms with van der Waals surface area (Å²) in [6.07, 6.45) is 0. The normalized spacial score (nSPS) is 14.4. The highest BCUT2D eigenvalue weighted by Crippen LogP contribution is 2.53. The Labute approximate surface area is 405 Å². The van der Waals surface area contributed by atoms with Gasteiger partial charge in [-0.1, -0.05) is 139 Å². The van der Waals surface area contributed by atoms with Gasteiger partial charge in [0, 0.05) is 75.0 Å². The van der Waals surface area contributed by atoms with Crippen molar-refractivity contribution < 1.29 is 15.7 Å². The van der Waals surface area contributed by atoms with Crippen molar-refractivity contribution in [3.8, 4) is 11.1 Å². The smallest absolute Gasteiger partial charge is 0.265 e. The lowest BCUT2D eigenvalue weighted by molar-refractivity contribution is 0.669. The molecule has 0 aliphatic carbocycles. The van der Waals surface area contributed by atoms with Crippen molar-refractivity contribution >= 4 is 160 Å². The number of aromatic nitrogens is 1. The first-order chi connectivity index (χ1) is 36.3. The van der Waals surface area contributed by atoms with E-state index in [4.69, 9.17) is 15.7 Å². The number of nitrogens with zero attached hydrogens (tertiary/aromatic N) is 3. The Hall–Kier alpha value is -8.78. The number of hydrogen-bond acceptors (Lipinski definition) is 5. The van der Waals surface area contributed by atoms with Crippen molar-refractivity contribution in [2.75, 3.05) is 9.80 Å². The van der Waals surface area contributed by atoms with Crippen molar-refractivity contribution in [1.29, 1.82) is 0 Å². The zero-order valence-electron chi connectivity index (χ0n) is 41.4. The second kappa shape index (κ2) is 13.0. The van der Waals surface area contributed by atoms with Gasteiger partial charge in [-0.25, -0.2) is 0 Å². The molecule has 7 heteroatoms. The molecule has 17 rings (SSSR count). The van der Waals surface area contributed by atoms with E-state index in [2.05, 4.69) is 148 Å². The van der Waals surface area contributed by atoms with Gasteiger partial charge in [0.15, 0.2) is 11.2 Å². The molecule has 0 saturated heterocycles. The van der Waals surface area contributed by atoms with Crippen LogP contribution in [0.4, 0.5) is 34.1 Å². The topological polar surface area (TPSA) is 37.2 Å². The van der Waals surface area contributed by atoms with Gasteiger partial charge < -0.3 is 23.0 Å². The van der Waals surface area contributed by atoms with E-state index < -0.39 is 6.04 Å². The first-order valence-electron chi connectivity index (χ1n) is 25.7. The van der Waals surface area contributed by atoms with Crippen molar-refractivity contribution in [3.05, 3.63) is 206 Å². The fourth-order valence-corrected chi connectivity index (χ4v) is 13.6. The fourth-order valence-electron chi connectivity index (χ4n) is 12.3. The van der Waals surface area contributed by atoms with Crippen LogP contribution in [0, 0.1) is 0 Å². The van der Waals surface area contributed by atoms with Crippen LogP contribution in [0.25, 0.3) is 103 Å². The molecule has 0 atom stereocenters. The molecule has 0 saturated carbocycles. The molecular formula is C62H34BN3O2S. The van der Waals surface area contributed by atoms with Crippen LogP contribution in [0.15, 0.2) is 215 Å². The van der Waals surface area contributed by atoms with Crippen molar-refractivity contribution in [1.82, 2.24) is 4.40 Å². The molecule has 5 nitrogen and oxygen atoms in total. The lowest BCUT2D eigenvalue weighted by atomic mass is 9.35. The van der Waals surface area contributed by atoms with Crippen molar-refractivity contribution in [2.24, 2.45) is 0 Å². The van der Waals surface area contributed by atoms with Gasteiger partial charge in [-0.3, -0.25) is 0 Å². The maximum absolute atomic E-state index is 9.10. The van der Waals surface area contributed by atoms with Crippen LogP contribution in [0.2, 0.25) is 0 Å². The minimum absolute atomic E-state index is 0.167. The Balaban J connectivity index is 1.06. The summed E-state index contributed by atoms with van der Waals surface area (Å²) in [6, 6.07) is 60.3. The lowest BCUT2D eigenvalue weighted by Gasteiger charge is -2.43. The number of fused-ring (bicyclic) bond motifs is 19. The molecule has 318 valence electrons. The van der Waals surface area contributed by atoms with E-state index in [-0.39, 0.29) is 36.4 Å². The summed E-state index contributed by atoms with van der Waals surface area (Å²) in [5.41, 5.74) is 15.5. The fraction of sp³-hybridized carbons (Fsp3) is 0. The summed E-state index contributed by atoms with van der Waals surface area (Å²) in [6.45, 7) is -0.290. The number of anilines is 6. The van der Waals surface area contributed by atoms with Gasteiger partial charge in [0.2, 0.25) is 0 Å². The average Bonchev–Trinajstić information content (AvgIpc) is 4.29. The Bertz CT molecular complexity index is 5010. The third kappa shape index (κ3) is 4.56. The van der Waals surface area contributed by atoms with Crippen LogP contribution < -0.4 is 25.5 Å². The van der Waals surface area contributed by atoms with E-state index in [0.717, 1.165) is 109 Å². The predicted octanol–water partition coefficient (Wildman–Crippen LogP) is 15.6. The summed E-state index contributed by atoms with van der Waals surface area (Å²) >= 11 is 1.75. The van der Waals surface area contributed by atoms with Gasteiger partial charge in [-0.2, -0.15) is 0 Å². The molecule has 0 bridgehead atoms. The quantitative estimate of drug-likeness (QED) is 0.166. The molecule has 2 aliphatic rings. The SMILES string of the molecule is [2H]c1c([2H])c([2H])c(-c2ccc3sc4c(c3c2)N(c2cccc3c2oc2ccccc23)c2cccc3c2B4c2c(cc4c5ccccc5n5c6ccccc6c2c45)N3c2cccc3c2oc2ccccc23)c([2H])c1[2H]. The maximum Gasteiger partial charge on any atom is 0.265 e. The van der Waals surface area contributed by atoms with E-state index >= 15 is 0 Å². The van der Waals surface area contributed by atoms with Gasteiger partial charge in [-0.05, 0) is 88.8 Å². The van der Waals surface area contributed by atoms with Gasteiger partial charge in [0.1, 0.15) is 11.2 Å². The average molecular weight is 901 g/mol. The second-order valence-corrected chi connectivity index (χ2v) is 19.4. The largest absolute Gasteiger partial charge is 0.454 e. The van der Waals surface area contributed by atoms with Crippen molar-refractivity contribution in [3.63, 3.8) is 0 Å². The highest BCUT2D eigenvalue weighted by molar-refractivity contribution is 7.34. The lowest BCUT2D eigenvalue weighted by Crippen LogP contribution is -2.60. The van der Waals surface area contributed by atoms with Gasteiger partial charge >= 0.3 is 0 Å². The van der Waals surface area contributed by atoms with Crippen LogP contribution in [0.3, 0.4) is 0 Å². The zero-order valence-corrected chi connectivity index (χ0v) is 37.2. The van der Waals surface area contributed by atoms with Crippen LogP contribution in [-0.2, 0) is 0 Å². The Morgan fingerprint density at radius 3 is 1.74 bits per heavy atom. The van der Waals surface area contributed by atoms with E-state index in [1.807, 2.05) is 42.5 Å². The van der Waals surface area contributed by atoms with Gasteiger partial charge in [0.25, 0.3) is 6.71 Å². The Kier molecular flexibility index (Phi) is 6.04. The molecule has 0 fully saturated rings. The predicted molar refractivity (Wildman–Crippen MR) is 290 cm³/mol. The number of furan rings is 2. The third-order valence-electron chi connectivity index (χ3n) is 15.0. The molecule has 0 radical (unpaired) electrons. The molecule has 15 aromatic rings. The summed E-state index contributed by atoms with van der Waals surface area (Å²) in [5.74, 6) is 0. The summed E-state index contributed by atoms with van der Waals surface area (Å²) in [4.78, 5) is 4.82. The van der Waals surface area contributed by atoms with Gasteiger partial charge in [0.05, 0.1) is 40.5 Å². The summed E-state index contributed by atoms with van der Waals surface area (Å²) < 4.78 is 62.4. The Morgan fingerprint density at radius 1 is 0.435 bits per heavy atom. The molecule has 5 aromatic heterocycles. The number of benzene rings is 10. The van der Waals surface area contributed by atoms with Gasteiger partial charge in [-0.15, -0.1) is 11.3 Å². The van der Waals surface area contributed by atoms with E-state index in [0.29, 0.717) is 5.56 Å². The minimum atomic E-state index is -0.417. The molecule has 0 unspecified atom stereocenters.